The van der Waals surface area contributed by atoms with E-state index < -0.39 is 11.6 Å². The summed E-state index contributed by atoms with van der Waals surface area (Å²) in [7, 11) is 0. The van der Waals surface area contributed by atoms with Gasteiger partial charge in [-0.05, 0) is 55.5 Å². The van der Waals surface area contributed by atoms with Crippen molar-refractivity contribution in [3.8, 4) is 0 Å². The zero-order chi connectivity index (χ0) is 14.8. The van der Waals surface area contributed by atoms with Gasteiger partial charge in [-0.1, -0.05) is 12.1 Å². The molecule has 2 unspecified atom stereocenters. The van der Waals surface area contributed by atoms with Gasteiger partial charge in [0, 0.05) is 12.2 Å². The average molecular weight is 288 g/mol. The van der Waals surface area contributed by atoms with Crippen LogP contribution < -0.4 is 5.32 Å². The van der Waals surface area contributed by atoms with Crippen LogP contribution in [0.2, 0.25) is 0 Å². The number of fused-ring (bicyclic) bond motifs is 1. The maximum atomic E-state index is 13.3. The highest BCUT2D eigenvalue weighted by Gasteiger charge is 2.23. The van der Waals surface area contributed by atoms with Crippen molar-refractivity contribution in [1.29, 1.82) is 0 Å². The minimum Gasteiger partial charge on any atom is -0.302 e. The zero-order valence-corrected chi connectivity index (χ0v) is 11.9. The van der Waals surface area contributed by atoms with Gasteiger partial charge in [-0.2, -0.15) is 0 Å². The Morgan fingerprint density at radius 2 is 2.10 bits per heavy atom. The minimum atomic E-state index is -0.810. The molecule has 1 aliphatic rings. The second-order valence-electron chi connectivity index (χ2n) is 5.55. The molecule has 2 aromatic rings. The molecular weight excluding hydrogens is 270 g/mol. The molecule has 2 atom stereocenters. The third kappa shape index (κ3) is 2.95. The summed E-state index contributed by atoms with van der Waals surface area (Å²) in [6.07, 6.45) is 4.99. The van der Waals surface area contributed by atoms with Gasteiger partial charge >= 0.3 is 0 Å². The normalized spacial score (nSPS) is 19.1. The molecule has 1 aromatic carbocycles. The van der Waals surface area contributed by atoms with E-state index in [0.717, 1.165) is 30.5 Å². The molecular formula is C17H18F2N2. The van der Waals surface area contributed by atoms with Crippen molar-refractivity contribution in [2.45, 2.75) is 38.3 Å². The van der Waals surface area contributed by atoms with Crippen LogP contribution in [0.4, 0.5) is 8.78 Å². The highest BCUT2D eigenvalue weighted by molar-refractivity contribution is 5.27. The van der Waals surface area contributed by atoms with E-state index in [1.165, 1.54) is 17.7 Å². The minimum absolute atomic E-state index is 0.0574. The Bertz CT molecular complexity index is 642. The number of benzene rings is 1. The molecule has 0 spiro atoms. The molecule has 2 nitrogen and oxygen atoms in total. The molecule has 0 fully saturated rings. The van der Waals surface area contributed by atoms with Gasteiger partial charge in [-0.3, -0.25) is 4.98 Å². The van der Waals surface area contributed by atoms with Crippen LogP contribution in [-0.4, -0.2) is 4.98 Å². The first-order valence-electron chi connectivity index (χ1n) is 7.30. The van der Waals surface area contributed by atoms with Crippen LogP contribution in [0.3, 0.4) is 0 Å². The van der Waals surface area contributed by atoms with Crippen LogP contribution >= 0.6 is 0 Å². The van der Waals surface area contributed by atoms with Crippen molar-refractivity contribution < 1.29 is 8.78 Å². The SMILES string of the molecule is CC(NC1CCCc2cccnc21)c1ccc(F)c(F)c1. The van der Waals surface area contributed by atoms with Crippen LogP contribution in [0.25, 0.3) is 0 Å². The van der Waals surface area contributed by atoms with Gasteiger partial charge in [0.15, 0.2) is 11.6 Å². The monoisotopic (exact) mass is 288 g/mol. The fourth-order valence-corrected chi connectivity index (χ4v) is 2.95. The lowest BCUT2D eigenvalue weighted by Gasteiger charge is -2.28. The van der Waals surface area contributed by atoms with E-state index in [2.05, 4.69) is 16.4 Å². The fourth-order valence-electron chi connectivity index (χ4n) is 2.95. The summed E-state index contributed by atoms with van der Waals surface area (Å²) in [5.74, 6) is -1.61. The number of pyridine rings is 1. The summed E-state index contributed by atoms with van der Waals surface area (Å²) >= 11 is 0. The molecule has 0 radical (unpaired) electrons. The smallest absolute Gasteiger partial charge is 0.159 e. The van der Waals surface area contributed by atoms with E-state index in [1.54, 1.807) is 12.3 Å². The van der Waals surface area contributed by atoms with E-state index in [4.69, 9.17) is 0 Å². The Morgan fingerprint density at radius 3 is 2.90 bits per heavy atom. The summed E-state index contributed by atoms with van der Waals surface area (Å²) in [4.78, 5) is 4.48. The molecule has 1 N–H and O–H groups in total. The third-order valence-corrected chi connectivity index (χ3v) is 4.09. The largest absolute Gasteiger partial charge is 0.302 e. The molecule has 0 saturated carbocycles. The van der Waals surface area contributed by atoms with Crippen molar-refractivity contribution in [1.82, 2.24) is 10.3 Å². The molecule has 110 valence electrons. The predicted octanol–water partition coefficient (Wildman–Crippen LogP) is 4.09. The molecule has 1 aromatic heterocycles. The highest BCUT2D eigenvalue weighted by atomic mass is 19.2. The molecule has 21 heavy (non-hydrogen) atoms. The number of hydrogen-bond donors (Lipinski definition) is 1. The van der Waals surface area contributed by atoms with Crippen molar-refractivity contribution >= 4 is 0 Å². The Morgan fingerprint density at radius 1 is 1.24 bits per heavy atom. The summed E-state index contributed by atoms with van der Waals surface area (Å²) in [5.41, 5.74) is 3.11. The summed E-state index contributed by atoms with van der Waals surface area (Å²) in [6.45, 7) is 1.96. The summed E-state index contributed by atoms with van der Waals surface area (Å²) in [5, 5.41) is 3.49. The lowest BCUT2D eigenvalue weighted by Crippen LogP contribution is -2.28. The second kappa shape index (κ2) is 5.90. The number of rotatable bonds is 3. The van der Waals surface area contributed by atoms with E-state index in [-0.39, 0.29) is 12.1 Å². The Labute approximate surface area is 123 Å². The Kier molecular flexibility index (Phi) is 3.97. The topological polar surface area (TPSA) is 24.9 Å². The van der Waals surface area contributed by atoms with Crippen molar-refractivity contribution in [3.63, 3.8) is 0 Å². The van der Waals surface area contributed by atoms with Gasteiger partial charge in [0.25, 0.3) is 0 Å². The first kappa shape index (κ1) is 14.1. The fraction of sp³-hybridized carbons (Fsp3) is 0.353. The average Bonchev–Trinajstić information content (AvgIpc) is 2.50. The molecule has 1 heterocycles. The van der Waals surface area contributed by atoms with E-state index >= 15 is 0 Å². The lowest BCUT2D eigenvalue weighted by atomic mass is 9.91. The number of nitrogens with one attached hydrogen (secondary N) is 1. The van der Waals surface area contributed by atoms with Gasteiger partial charge in [0.05, 0.1) is 11.7 Å². The van der Waals surface area contributed by atoms with Gasteiger partial charge in [0.2, 0.25) is 0 Å². The first-order valence-corrected chi connectivity index (χ1v) is 7.30. The third-order valence-electron chi connectivity index (χ3n) is 4.09. The van der Waals surface area contributed by atoms with E-state index in [1.807, 2.05) is 13.0 Å². The Hall–Kier alpha value is -1.81. The van der Waals surface area contributed by atoms with E-state index in [0.29, 0.717) is 0 Å². The van der Waals surface area contributed by atoms with Gasteiger partial charge < -0.3 is 5.32 Å². The molecule has 4 heteroatoms. The molecule has 0 saturated heterocycles. The number of aromatic nitrogens is 1. The van der Waals surface area contributed by atoms with Gasteiger partial charge in [-0.15, -0.1) is 0 Å². The van der Waals surface area contributed by atoms with E-state index in [9.17, 15) is 8.78 Å². The first-order chi connectivity index (χ1) is 10.1. The number of halogens is 2. The van der Waals surface area contributed by atoms with Crippen LogP contribution in [0.1, 0.15) is 48.7 Å². The van der Waals surface area contributed by atoms with Crippen molar-refractivity contribution in [2.75, 3.05) is 0 Å². The molecule has 0 amide bonds. The maximum Gasteiger partial charge on any atom is 0.159 e. The molecule has 3 rings (SSSR count). The van der Waals surface area contributed by atoms with Crippen molar-refractivity contribution in [2.24, 2.45) is 0 Å². The maximum absolute atomic E-state index is 13.3. The lowest BCUT2D eigenvalue weighted by molar-refractivity contribution is 0.404. The second-order valence-corrected chi connectivity index (χ2v) is 5.55. The Balaban J connectivity index is 1.79. The molecule has 0 bridgehead atoms. The molecule has 0 aliphatic heterocycles. The van der Waals surface area contributed by atoms with Crippen LogP contribution in [-0.2, 0) is 6.42 Å². The quantitative estimate of drug-likeness (QED) is 0.920. The standard InChI is InChI=1S/C17H18F2N2/c1-11(13-7-8-14(18)15(19)10-13)21-16-6-2-4-12-5-3-9-20-17(12)16/h3,5,7-11,16,21H,2,4,6H2,1H3. The molecule has 1 aliphatic carbocycles. The van der Waals surface area contributed by atoms with Crippen LogP contribution in [0, 0.1) is 11.6 Å². The van der Waals surface area contributed by atoms with Gasteiger partial charge in [-0.25, -0.2) is 8.78 Å². The number of aryl methyl sites for hydroxylation is 1. The summed E-state index contributed by atoms with van der Waals surface area (Å²) in [6, 6.07) is 8.23. The number of hydrogen-bond acceptors (Lipinski definition) is 2. The van der Waals surface area contributed by atoms with Gasteiger partial charge in [0.1, 0.15) is 0 Å². The zero-order valence-electron chi connectivity index (χ0n) is 11.9. The van der Waals surface area contributed by atoms with Crippen LogP contribution in [0.15, 0.2) is 36.5 Å². The predicted molar refractivity (Wildman–Crippen MR) is 77.8 cm³/mol. The summed E-state index contributed by atoms with van der Waals surface area (Å²) < 4.78 is 26.4. The van der Waals surface area contributed by atoms with Crippen molar-refractivity contribution in [3.05, 3.63) is 65.0 Å². The van der Waals surface area contributed by atoms with Crippen LogP contribution in [0.5, 0.6) is 0 Å². The highest BCUT2D eigenvalue weighted by Crippen LogP contribution is 2.30. The number of nitrogens with zero attached hydrogens (tertiary/aromatic N) is 1.